The monoisotopic (exact) mass is 246 g/mol. The molecule has 2 rings (SSSR count). The summed E-state index contributed by atoms with van der Waals surface area (Å²) >= 11 is 1.85. The van der Waals surface area contributed by atoms with Crippen molar-refractivity contribution < 1.29 is 4.74 Å². The third-order valence-electron chi connectivity index (χ3n) is 2.65. The van der Waals surface area contributed by atoms with Crippen LogP contribution in [0.15, 0.2) is 36.4 Å². The van der Waals surface area contributed by atoms with E-state index >= 15 is 0 Å². The summed E-state index contributed by atoms with van der Waals surface area (Å²) in [6.45, 7) is 7.18. The van der Waals surface area contributed by atoms with Crippen LogP contribution in [0.2, 0.25) is 0 Å². The predicted molar refractivity (Wildman–Crippen MR) is 75.0 cm³/mol. The first-order valence-electron chi connectivity index (χ1n) is 6.04. The van der Waals surface area contributed by atoms with Crippen molar-refractivity contribution >= 4 is 11.3 Å². The van der Waals surface area contributed by atoms with E-state index in [1.807, 2.05) is 30.4 Å². The molecule has 1 nitrogen and oxygen atoms in total. The summed E-state index contributed by atoms with van der Waals surface area (Å²) < 4.78 is 5.67. The van der Waals surface area contributed by atoms with Crippen LogP contribution in [0, 0.1) is 0 Å². The molecule has 0 spiro atoms. The number of ether oxygens (including phenoxy) is 1. The lowest BCUT2D eigenvalue weighted by Gasteiger charge is -2.08. The maximum atomic E-state index is 5.67. The summed E-state index contributed by atoms with van der Waals surface area (Å²) in [5, 5.41) is 0. The predicted octanol–water partition coefficient (Wildman–Crippen LogP) is 4.94. The van der Waals surface area contributed by atoms with Gasteiger partial charge in [0.2, 0.25) is 0 Å². The van der Waals surface area contributed by atoms with Gasteiger partial charge in [0.1, 0.15) is 5.75 Å². The van der Waals surface area contributed by atoms with E-state index in [9.17, 15) is 0 Å². The summed E-state index contributed by atoms with van der Waals surface area (Å²) in [6, 6.07) is 12.7. The van der Waals surface area contributed by atoms with Crippen molar-refractivity contribution in [3.63, 3.8) is 0 Å². The SMILES string of the molecule is CCOc1ccccc1-c1ccc(C(C)C)s1. The Bertz CT molecular complexity index is 485. The zero-order valence-electron chi connectivity index (χ0n) is 10.6. The summed E-state index contributed by atoms with van der Waals surface area (Å²) in [5.41, 5.74) is 1.20. The minimum absolute atomic E-state index is 0.591. The highest BCUT2D eigenvalue weighted by atomic mass is 32.1. The molecule has 0 aliphatic carbocycles. The third-order valence-corrected chi connectivity index (χ3v) is 4.07. The lowest BCUT2D eigenvalue weighted by molar-refractivity contribution is 0.341. The van der Waals surface area contributed by atoms with Gasteiger partial charge in [-0.1, -0.05) is 26.0 Å². The van der Waals surface area contributed by atoms with Gasteiger partial charge < -0.3 is 4.74 Å². The summed E-state index contributed by atoms with van der Waals surface area (Å²) in [4.78, 5) is 2.71. The standard InChI is InChI=1S/C15H18OS/c1-4-16-13-8-6-5-7-12(13)15-10-9-14(17-15)11(2)3/h5-11H,4H2,1-3H3. The molecule has 0 atom stereocenters. The highest BCUT2D eigenvalue weighted by Crippen LogP contribution is 2.36. The van der Waals surface area contributed by atoms with Crippen LogP contribution in [0.3, 0.4) is 0 Å². The van der Waals surface area contributed by atoms with Gasteiger partial charge in [0.15, 0.2) is 0 Å². The first-order chi connectivity index (χ1) is 8.22. The fourth-order valence-electron chi connectivity index (χ4n) is 1.76. The van der Waals surface area contributed by atoms with Crippen LogP contribution in [0.1, 0.15) is 31.6 Å². The molecule has 0 saturated carbocycles. The van der Waals surface area contributed by atoms with Crippen LogP contribution in [-0.4, -0.2) is 6.61 Å². The van der Waals surface area contributed by atoms with Gasteiger partial charge >= 0.3 is 0 Å². The van der Waals surface area contributed by atoms with Crippen LogP contribution in [0.25, 0.3) is 10.4 Å². The molecule has 1 heterocycles. The molecule has 0 saturated heterocycles. The van der Waals surface area contributed by atoms with E-state index in [-0.39, 0.29) is 0 Å². The van der Waals surface area contributed by atoms with Gasteiger partial charge in [-0.2, -0.15) is 0 Å². The third kappa shape index (κ3) is 2.70. The van der Waals surface area contributed by atoms with Crippen molar-refractivity contribution in [2.75, 3.05) is 6.61 Å². The summed E-state index contributed by atoms with van der Waals surface area (Å²) in [6.07, 6.45) is 0. The molecule has 0 fully saturated rings. The van der Waals surface area contributed by atoms with Crippen LogP contribution in [0.5, 0.6) is 5.75 Å². The smallest absolute Gasteiger partial charge is 0.127 e. The van der Waals surface area contributed by atoms with E-state index in [0.717, 1.165) is 5.75 Å². The molecule has 1 aromatic heterocycles. The normalized spacial score (nSPS) is 10.8. The van der Waals surface area contributed by atoms with Gasteiger partial charge in [-0.05, 0) is 37.1 Å². The van der Waals surface area contributed by atoms with E-state index in [1.54, 1.807) is 0 Å². The van der Waals surface area contributed by atoms with Gasteiger partial charge in [-0.3, -0.25) is 0 Å². The van der Waals surface area contributed by atoms with Crippen LogP contribution < -0.4 is 4.74 Å². The number of rotatable bonds is 4. The van der Waals surface area contributed by atoms with Crippen LogP contribution in [0.4, 0.5) is 0 Å². The Hall–Kier alpha value is -1.28. The van der Waals surface area contributed by atoms with Gasteiger partial charge in [-0.25, -0.2) is 0 Å². The number of hydrogen-bond donors (Lipinski definition) is 0. The number of hydrogen-bond acceptors (Lipinski definition) is 2. The van der Waals surface area contributed by atoms with Gasteiger partial charge in [0.05, 0.1) is 6.61 Å². The molecule has 0 aliphatic heterocycles. The maximum absolute atomic E-state index is 5.67. The largest absolute Gasteiger partial charge is 0.493 e. The molecule has 1 aromatic carbocycles. The first-order valence-corrected chi connectivity index (χ1v) is 6.86. The van der Waals surface area contributed by atoms with Crippen molar-refractivity contribution in [3.8, 4) is 16.2 Å². The topological polar surface area (TPSA) is 9.23 Å². The average Bonchev–Trinajstić information content (AvgIpc) is 2.79. The molecule has 0 unspecified atom stereocenters. The zero-order chi connectivity index (χ0) is 12.3. The van der Waals surface area contributed by atoms with Gasteiger partial charge in [-0.15, -0.1) is 11.3 Å². The van der Waals surface area contributed by atoms with Crippen LogP contribution >= 0.6 is 11.3 Å². The second-order valence-corrected chi connectivity index (χ2v) is 5.40. The molecular formula is C15H18OS. The number of thiophene rings is 1. The molecule has 90 valence electrons. The Labute approximate surface area is 107 Å². The van der Waals surface area contributed by atoms with E-state index in [4.69, 9.17) is 4.74 Å². The fraction of sp³-hybridized carbons (Fsp3) is 0.333. The zero-order valence-corrected chi connectivity index (χ0v) is 11.4. The Balaban J connectivity index is 2.38. The van der Waals surface area contributed by atoms with Crippen molar-refractivity contribution in [1.82, 2.24) is 0 Å². The fourth-order valence-corrected chi connectivity index (χ4v) is 2.80. The molecule has 17 heavy (non-hydrogen) atoms. The lowest BCUT2D eigenvalue weighted by atomic mass is 10.1. The van der Waals surface area contributed by atoms with E-state index in [2.05, 4.69) is 38.1 Å². The maximum Gasteiger partial charge on any atom is 0.127 e. The average molecular weight is 246 g/mol. The highest BCUT2D eigenvalue weighted by molar-refractivity contribution is 7.15. The van der Waals surface area contributed by atoms with Crippen molar-refractivity contribution in [3.05, 3.63) is 41.3 Å². The number of benzene rings is 1. The van der Waals surface area contributed by atoms with E-state index < -0.39 is 0 Å². The second kappa shape index (κ2) is 5.37. The molecular weight excluding hydrogens is 228 g/mol. The van der Waals surface area contributed by atoms with Crippen molar-refractivity contribution in [1.29, 1.82) is 0 Å². The lowest BCUT2D eigenvalue weighted by Crippen LogP contribution is -1.92. The molecule has 0 N–H and O–H groups in total. The Kier molecular flexibility index (Phi) is 3.85. The Morgan fingerprint density at radius 3 is 2.53 bits per heavy atom. The van der Waals surface area contributed by atoms with Gasteiger partial charge in [0.25, 0.3) is 0 Å². The molecule has 0 amide bonds. The van der Waals surface area contributed by atoms with E-state index in [1.165, 1.54) is 15.3 Å². The summed E-state index contributed by atoms with van der Waals surface area (Å²) in [5.74, 6) is 1.57. The van der Waals surface area contributed by atoms with Gasteiger partial charge in [0, 0.05) is 15.3 Å². The molecule has 0 aliphatic rings. The number of para-hydroxylation sites is 1. The highest BCUT2D eigenvalue weighted by Gasteiger charge is 2.09. The Morgan fingerprint density at radius 1 is 1.12 bits per heavy atom. The quantitative estimate of drug-likeness (QED) is 0.742. The van der Waals surface area contributed by atoms with E-state index in [0.29, 0.717) is 12.5 Å². The molecule has 2 heteroatoms. The Morgan fingerprint density at radius 2 is 1.88 bits per heavy atom. The minimum atomic E-state index is 0.591. The van der Waals surface area contributed by atoms with Crippen LogP contribution in [-0.2, 0) is 0 Å². The molecule has 2 aromatic rings. The van der Waals surface area contributed by atoms with Crippen molar-refractivity contribution in [2.24, 2.45) is 0 Å². The first kappa shape index (κ1) is 12.2. The summed E-state index contributed by atoms with van der Waals surface area (Å²) in [7, 11) is 0. The minimum Gasteiger partial charge on any atom is -0.493 e. The second-order valence-electron chi connectivity index (χ2n) is 4.29. The molecule has 0 radical (unpaired) electrons. The molecule has 0 bridgehead atoms. The van der Waals surface area contributed by atoms with Crippen molar-refractivity contribution in [2.45, 2.75) is 26.7 Å².